The number of carbonyl (C=O) groups is 1. The Kier molecular flexibility index (Phi) is 5.06. The lowest BCUT2D eigenvalue weighted by atomic mass is 9.90. The Morgan fingerprint density at radius 3 is 2.66 bits per heavy atom. The summed E-state index contributed by atoms with van der Waals surface area (Å²) in [5, 5.41) is 14.1. The maximum atomic E-state index is 12.9. The zero-order valence-corrected chi connectivity index (χ0v) is 16.7. The van der Waals surface area contributed by atoms with Crippen molar-refractivity contribution in [1.29, 1.82) is 0 Å². The van der Waals surface area contributed by atoms with Gasteiger partial charge in [0.25, 0.3) is 5.89 Å². The standard InChI is InChI=1S/C20H24N6O3/c1-13-4-5-15(17-6-9-21-26(17)3)12-16(13)23-19(27)24-20(7-10-28-11-8-20)18-22-14(2)25-29-18/h4-6,9,12H,7-8,10-11H2,1-3H3,(H2,23,24,27). The number of rotatable bonds is 4. The Labute approximate surface area is 168 Å². The van der Waals surface area contributed by atoms with Crippen molar-refractivity contribution in [3.63, 3.8) is 0 Å². The van der Waals surface area contributed by atoms with E-state index in [9.17, 15) is 4.79 Å². The molecule has 3 aromatic rings. The van der Waals surface area contributed by atoms with Crippen LogP contribution in [0.3, 0.4) is 0 Å². The van der Waals surface area contributed by atoms with Gasteiger partial charge in [0.1, 0.15) is 5.54 Å². The van der Waals surface area contributed by atoms with Crippen LogP contribution in [-0.4, -0.2) is 39.2 Å². The second kappa shape index (κ2) is 7.67. The van der Waals surface area contributed by atoms with Crippen LogP contribution in [0.25, 0.3) is 11.3 Å². The first-order chi connectivity index (χ1) is 14.0. The third-order valence-electron chi connectivity index (χ3n) is 5.24. The van der Waals surface area contributed by atoms with E-state index in [-0.39, 0.29) is 6.03 Å². The van der Waals surface area contributed by atoms with E-state index in [1.807, 2.05) is 38.2 Å². The summed E-state index contributed by atoms with van der Waals surface area (Å²) >= 11 is 0. The van der Waals surface area contributed by atoms with Crippen LogP contribution in [0.5, 0.6) is 0 Å². The molecule has 0 aliphatic carbocycles. The molecule has 1 saturated heterocycles. The summed E-state index contributed by atoms with van der Waals surface area (Å²) in [6.07, 6.45) is 2.88. The smallest absolute Gasteiger partial charge is 0.320 e. The molecule has 0 unspecified atom stereocenters. The van der Waals surface area contributed by atoms with Crippen molar-refractivity contribution < 1.29 is 14.1 Å². The van der Waals surface area contributed by atoms with Gasteiger partial charge in [-0.1, -0.05) is 17.3 Å². The lowest BCUT2D eigenvalue weighted by Crippen LogP contribution is -2.51. The van der Waals surface area contributed by atoms with Crippen LogP contribution in [0, 0.1) is 13.8 Å². The predicted molar refractivity (Wildman–Crippen MR) is 106 cm³/mol. The SMILES string of the molecule is Cc1noc(C2(NC(=O)Nc3cc(-c4ccnn4C)ccc3C)CCOCC2)n1. The van der Waals surface area contributed by atoms with E-state index in [2.05, 4.69) is 25.9 Å². The van der Waals surface area contributed by atoms with E-state index in [4.69, 9.17) is 9.26 Å². The number of hydrogen-bond acceptors (Lipinski definition) is 6. The summed E-state index contributed by atoms with van der Waals surface area (Å²) in [6, 6.07) is 7.54. The number of nitrogens with one attached hydrogen (secondary N) is 2. The molecular weight excluding hydrogens is 372 g/mol. The molecule has 1 aliphatic heterocycles. The number of benzene rings is 1. The van der Waals surface area contributed by atoms with E-state index in [1.165, 1.54) is 0 Å². The first kappa shape index (κ1) is 19.1. The van der Waals surface area contributed by atoms with Gasteiger partial charge < -0.3 is 19.9 Å². The van der Waals surface area contributed by atoms with E-state index in [0.717, 1.165) is 22.5 Å². The monoisotopic (exact) mass is 396 g/mol. The Bertz CT molecular complexity index is 1020. The minimum absolute atomic E-state index is 0.326. The Morgan fingerprint density at radius 2 is 2.00 bits per heavy atom. The fraction of sp³-hybridized carbons (Fsp3) is 0.400. The zero-order chi connectivity index (χ0) is 20.4. The van der Waals surface area contributed by atoms with Crippen molar-refractivity contribution in [2.24, 2.45) is 7.05 Å². The summed E-state index contributed by atoms with van der Waals surface area (Å²) in [5.41, 5.74) is 2.89. The van der Waals surface area contributed by atoms with Gasteiger partial charge in [0.2, 0.25) is 0 Å². The molecule has 0 bridgehead atoms. The molecule has 1 aliphatic rings. The number of carbonyl (C=O) groups excluding carboxylic acids is 1. The van der Waals surface area contributed by atoms with Crippen LogP contribution in [0.2, 0.25) is 0 Å². The summed E-state index contributed by atoms with van der Waals surface area (Å²) in [7, 11) is 1.89. The Hall–Kier alpha value is -3.20. The fourth-order valence-corrected chi connectivity index (χ4v) is 3.55. The topological polar surface area (TPSA) is 107 Å². The largest absolute Gasteiger partial charge is 0.381 e. The first-order valence-electron chi connectivity index (χ1n) is 9.54. The third-order valence-corrected chi connectivity index (χ3v) is 5.24. The normalized spacial score (nSPS) is 15.8. The van der Waals surface area contributed by atoms with Crippen molar-refractivity contribution in [1.82, 2.24) is 25.2 Å². The molecule has 0 radical (unpaired) electrons. The molecule has 2 N–H and O–H groups in total. The molecule has 9 heteroatoms. The van der Waals surface area contributed by atoms with Crippen molar-refractivity contribution in [3.8, 4) is 11.3 Å². The molecule has 0 saturated carbocycles. The molecule has 2 aromatic heterocycles. The van der Waals surface area contributed by atoms with Gasteiger partial charge in [-0.15, -0.1) is 0 Å². The van der Waals surface area contributed by atoms with Gasteiger partial charge in [-0.05, 0) is 31.5 Å². The molecular formula is C20H24N6O3. The molecule has 0 spiro atoms. The number of aryl methyl sites for hydroxylation is 3. The minimum Gasteiger partial charge on any atom is -0.381 e. The van der Waals surface area contributed by atoms with Crippen LogP contribution in [0.1, 0.15) is 30.1 Å². The molecule has 2 amide bonds. The van der Waals surface area contributed by atoms with E-state index < -0.39 is 5.54 Å². The number of nitrogens with zero attached hydrogens (tertiary/aromatic N) is 4. The highest BCUT2D eigenvalue weighted by molar-refractivity contribution is 5.91. The maximum Gasteiger partial charge on any atom is 0.320 e. The molecule has 4 rings (SSSR count). The quantitative estimate of drug-likeness (QED) is 0.702. The van der Waals surface area contributed by atoms with Gasteiger partial charge >= 0.3 is 6.03 Å². The maximum absolute atomic E-state index is 12.9. The molecule has 0 atom stereocenters. The Balaban J connectivity index is 1.56. The first-order valence-corrected chi connectivity index (χ1v) is 9.54. The molecule has 3 heterocycles. The lowest BCUT2D eigenvalue weighted by Gasteiger charge is -2.34. The van der Waals surface area contributed by atoms with Crippen LogP contribution < -0.4 is 10.6 Å². The zero-order valence-electron chi connectivity index (χ0n) is 16.7. The highest BCUT2D eigenvalue weighted by Crippen LogP contribution is 2.31. The number of amides is 2. The van der Waals surface area contributed by atoms with Crippen LogP contribution in [0.15, 0.2) is 35.0 Å². The van der Waals surface area contributed by atoms with Gasteiger partial charge in [0.15, 0.2) is 5.82 Å². The lowest BCUT2D eigenvalue weighted by molar-refractivity contribution is 0.0285. The van der Waals surface area contributed by atoms with Gasteiger partial charge in [0, 0.05) is 50.6 Å². The predicted octanol–water partition coefficient (Wildman–Crippen LogP) is 2.91. The van der Waals surface area contributed by atoms with Gasteiger partial charge in [-0.3, -0.25) is 4.68 Å². The van der Waals surface area contributed by atoms with E-state index in [1.54, 1.807) is 17.8 Å². The Morgan fingerprint density at radius 1 is 1.21 bits per heavy atom. The highest BCUT2D eigenvalue weighted by atomic mass is 16.5. The summed E-state index contributed by atoms with van der Waals surface area (Å²) in [6.45, 7) is 4.73. The number of aromatic nitrogens is 4. The van der Waals surface area contributed by atoms with Crippen LogP contribution in [0.4, 0.5) is 10.5 Å². The van der Waals surface area contributed by atoms with E-state index in [0.29, 0.717) is 37.8 Å². The highest BCUT2D eigenvalue weighted by Gasteiger charge is 2.41. The average Bonchev–Trinajstić information content (AvgIpc) is 3.33. The number of ether oxygens (including phenoxy) is 1. The number of urea groups is 1. The fourth-order valence-electron chi connectivity index (χ4n) is 3.55. The average molecular weight is 396 g/mol. The van der Waals surface area contributed by atoms with E-state index >= 15 is 0 Å². The number of hydrogen-bond donors (Lipinski definition) is 2. The van der Waals surface area contributed by atoms with Crippen molar-refractivity contribution in [2.45, 2.75) is 32.2 Å². The minimum atomic E-state index is -0.739. The van der Waals surface area contributed by atoms with Gasteiger partial charge in [-0.2, -0.15) is 10.1 Å². The van der Waals surface area contributed by atoms with Crippen molar-refractivity contribution >= 4 is 11.7 Å². The molecule has 29 heavy (non-hydrogen) atoms. The van der Waals surface area contributed by atoms with Crippen LogP contribution in [-0.2, 0) is 17.3 Å². The molecule has 152 valence electrons. The summed E-state index contributed by atoms with van der Waals surface area (Å²) < 4.78 is 12.7. The summed E-state index contributed by atoms with van der Waals surface area (Å²) in [5.74, 6) is 0.946. The molecule has 1 aromatic carbocycles. The third kappa shape index (κ3) is 3.86. The van der Waals surface area contributed by atoms with Gasteiger partial charge in [0.05, 0.1) is 5.69 Å². The second-order valence-corrected chi connectivity index (χ2v) is 7.29. The van der Waals surface area contributed by atoms with Gasteiger partial charge in [-0.25, -0.2) is 4.79 Å². The van der Waals surface area contributed by atoms with Crippen LogP contribution >= 0.6 is 0 Å². The molecule has 1 fully saturated rings. The summed E-state index contributed by atoms with van der Waals surface area (Å²) in [4.78, 5) is 17.3. The second-order valence-electron chi connectivity index (χ2n) is 7.29. The van der Waals surface area contributed by atoms with Crippen molar-refractivity contribution in [2.75, 3.05) is 18.5 Å². The van der Waals surface area contributed by atoms with Crippen molar-refractivity contribution in [3.05, 3.63) is 47.7 Å². The molecule has 9 nitrogen and oxygen atoms in total. The number of anilines is 1.